The van der Waals surface area contributed by atoms with Gasteiger partial charge in [0.1, 0.15) is 0 Å². The summed E-state index contributed by atoms with van der Waals surface area (Å²) in [7, 11) is 0. The van der Waals surface area contributed by atoms with Crippen LogP contribution in [-0.2, 0) is 0 Å². The fourth-order valence-corrected chi connectivity index (χ4v) is 3.43. The Balaban J connectivity index is 2.29. The van der Waals surface area contributed by atoms with Crippen LogP contribution in [0.4, 0.5) is 11.4 Å². The number of hydrogen-bond donors (Lipinski definition) is 1. The molecule has 4 heteroatoms. The van der Waals surface area contributed by atoms with Crippen LogP contribution in [0.25, 0.3) is 0 Å². The van der Waals surface area contributed by atoms with Crippen LogP contribution in [0.2, 0.25) is 5.02 Å². The summed E-state index contributed by atoms with van der Waals surface area (Å²) < 4.78 is 0. The lowest BCUT2D eigenvalue weighted by Crippen LogP contribution is -2.44. The number of nitrogen functional groups attached to an aromatic ring is 1. The van der Waals surface area contributed by atoms with Crippen LogP contribution in [0.15, 0.2) is 18.2 Å². The Kier molecular flexibility index (Phi) is 3.55. The summed E-state index contributed by atoms with van der Waals surface area (Å²) in [6.45, 7) is 5.58. The fraction of sp³-hybridized carbons (Fsp3) is 0.500. The summed E-state index contributed by atoms with van der Waals surface area (Å²) in [5.74, 6) is 1.16. The lowest BCUT2D eigenvalue weighted by molar-refractivity contribution is 0.627. The van der Waals surface area contributed by atoms with E-state index in [0.29, 0.717) is 11.3 Å². The molecule has 1 aliphatic rings. The van der Waals surface area contributed by atoms with Gasteiger partial charge in [0, 0.05) is 29.3 Å². The van der Waals surface area contributed by atoms with Crippen LogP contribution in [0.3, 0.4) is 0 Å². The molecular formula is C12H17ClN2S. The van der Waals surface area contributed by atoms with Crippen molar-refractivity contribution < 1.29 is 0 Å². The predicted molar refractivity (Wildman–Crippen MR) is 74.6 cm³/mol. The minimum absolute atomic E-state index is 0.514. The van der Waals surface area contributed by atoms with Gasteiger partial charge < -0.3 is 10.6 Å². The SMILES string of the molecule is CC1SCCN(c2ccc(N)cc2Cl)C1C. The second-order valence-electron chi connectivity index (χ2n) is 4.22. The zero-order chi connectivity index (χ0) is 11.7. The number of hydrogen-bond acceptors (Lipinski definition) is 3. The molecule has 1 saturated heterocycles. The van der Waals surface area contributed by atoms with Crippen LogP contribution >= 0.6 is 23.4 Å². The van der Waals surface area contributed by atoms with Crippen LogP contribution in [0, 0.1) is 0 Å². The van der Waals surface area contributed by atoms with Gasteiger partial charge in [-0.3, -0.25) is 0 Å². The molecule has 2 unspecified atom stereocenters. The van der Waals surface area contributed by atoms with Crippen molar-refractivity contribution in [2.24, 2.45) is 0 Å². The molecule has 0 amide bonds. The first-order valence-corrected chi connectivity index (χ1v) is 6.95. The van der Waals surface area contributed by atoms with Gasteiger partial charge in [-0.2, -0.15) is 11.8 Å². The fourth-order valence-electron chi connectivity index (χ4n) is 2.03. The van der Waals surface area contributed by atoms with E-state index in [1.165, 1.54) is 0 Å². The van der Waals surface area contributed by atoms with E-state index >= 15 is 0 Å². The average Bonchev–Trinajstić information content (AvgIpc) is 2.23. The quantitative estimate of drug-likeness (QED) is 0.782. The van der Waals surface area contributed by atoms with Crippen LogP contribution in [-0.4, -0.2) is 23.6 Å². The zero-order valence-corrected chi connectivity index (χ0v) is 11.2. The molecule has 2 nitrogen and oxygen atoms in total. The summed E-state index contributed by atoms with van der Waals surface area (Å²) in [6.07, 6.45) is 0. The molecule has 16 heavy (non-hydrogen) atoms. The predicted octanol–water partition coefficient (Wildman–Crippen LogP) is 3.25. The number of nitrogens with zero attached hydrogens (tertiary/aromatic N) is 1. The Bertz CT molecular complexity index is 383. The maximum absolute atomic E-state index is 6.25. The summed E-state index contributed by atoms with van der Waals surface area (Å²) in [4.78, 5) is 2.38. The van der Waals surface area contributed by atoms with E-state index < -0.39 is 0 Å². The zero-order valence-electron chi connectivity index (χ0n) is 9.61. The largest absolute Gasteiger partial charge is 0.399 e. The molecule has 1 fully saturated rings. The van der Waals surface area contributed by atoms with Gasteiger partial charge in [0.2, 0.25) is 0 Å². The molecule has 0 aliphatic carbocycles. The van der Waals surface area contributed by atoms with Crippen LogP contribution < -0.4 is 10.6 Å². The standard InChI is InChI=1S/C12H17ClN2S/c1-8-9(2)16-6-5-15(8)12-4-3-10(14)7-11(12)13/h3-4,7-9H,5-6,14H2,1-2H3. The van der Waals surface area contributed by atoms with E-state index in [1.807, 2.05) is 30.0 Å². The summed E-state index contributed by atoms with van der Waals surface area (Å²) in [5.41, 5.74) is 7.54. The number of halogens is 1. The van der Waals surface area contributed by atoms with Crippen molar-refractivity contribution in [3.05, 3.63) is 23.2 Å². The number of anilines is 2. The minimum Gasteiger partial charge on any atom is -0.399 e. The Morgan fingerprint density at radius 1 is 1.44 bits per heavy atom. The number of rotatable bonds is 1. The molecule has 2 N–H and O–H groups in total. The molecule has 1 aromatic carbocycles. The molecular weight excluding hydrogens is 240 g/mol. The van der Waals surface area contributed by atoms with E-state index in [4.69, 9.17) is 17.3 Å². The smallest absolute Gasteiger partial charge is 0.0660 e. The van der Waals surface area contributed by atoms with Gasteiger partial charge in [0.05, 0.1) is 10.7 Å². The summed E-state index contributed by atoms with van der Waals surface area (Å²) in [6, 6.07) is 6.28. The van der Waals surface area contributed by atoms with Crippen molar-refractivity contribution in [1.29, 1.82) is 0 Å². The van der Waals surface area contributed by atoms with E-state index in [2.05, 4.69) is 18.7 Å². The number of benzene rings is 1. The first-order valence-electron chi connectivity index (χ1n) is 5.53. The Morgan fingerprint density at radius 3 is 2.88 bits per heavy atom. The average molecular weight is 257 g/mol. The van der Waals surface area contributed by atoms with E-state index in [9.17, 15) is 0 Å². The lowest BCUT2D eigenvalue weighted by atomic mass is 10.1. The Morgan fingerprint density at radius 2 is 2.19 bits per heavy atom. The highest BCUT2D eigenvalue weighted by molar-refractivity contribution is 8.00. The molecule has 0 radical (unpaired) electrons. The van der Waals surface area contributed by atoms with Gasteiger partial charge in [-0.1, -0.05) is 18.5 Å². The Hall–Kier alpha value is -0.540. The third kappa shape index (κ3) is 2.25. The third-order valence-corrected chi connectivity index (χ3v) is 4.81. The van der Waals surface area contributed by atoms with E-state index in [-0.39, 0.29) is 0 Å². The lowest BCUT2D eigenvalue weighted by Gasteiger charge is -2.39. The van der Waals surface area contributed by atoms with E-state index in [0.717, 1.165) is 28.7 Å². The molecule has 1 heterocycles. The number of nitrogens with two attached hydrogens (primary N) is 1. The molecule has 1 aliphatic heterocycles. The monoisotopic (exact) mass is 256 g/mol. The van der Waals surface area contributed by atoms with Crippen LogP contribution in [0.1, 0.15) is 13.8 Å². The molecule has 0 saturated carbocycles. The normalized spacial score (nSPS) is 25.8. The van der Waals surface area contributed by atoms with Crippen molar-refractivity contribution >= 4 is 34.7 Å². The summed E-state index contributed by atoms with van der Waals surface area (Å²) >= 11 is 8.27. The highest BCUT2D eigenvalue weighted by Gasteiger charge is 2.26. The van der Waals surface area contributed by atoms with Crippen molar-refractivity contribution in [2.75, 3.05) is 22.9 Å². The maximum atomic E-state index is 6.25. The molecule has 2 atom stereocenters. The first-order chi connectivity index (χ1) is 7.59. The first kappa shape index (κ1) is 11.9. The highest BCUT2D eigenvalue weighted by atomic mass is 35.5. The van der Waals surface area contributed by atoms with Crippen molar-refractivity contribution in [3.63, 3.8) is 0 Å². The number of thioether (sulfide) groups is 1. The molecule has 0 spiro atoms. The van der Waals surface area contributed by atoms with Gasteiger partial charge in [-0.25, -0.2) is 0 Å². The van der Waals surface area contributed by atoms with Crippen molar-refractivity contribution in [2.45, 2.75) is 25.1 Å². The van der Waals surface area contributed by atoms with Crippen molar-refractivity contribution in [3.8, 4) is 0 Å². The molecule has 1 aromatic rings. The van der Waals surface area contributed by atoms with Gasteiger partial charge in [-0.15, -0.1) is 0 Å². The van der Waals surface area contributed by atoms with E-state index in [1.54, 1.807) is 0 Å². The molecule has 0 bridgehead atoms. The highest BCUT2D eigenvalue weighted by Crippen LogP contribution is 2.34. The second-order valence-corrected chi connectivity index (χ2v) is 6.11. The molecule has 88 valence electrons. The minimum atomic E-state index is 0.514. The summed E-state index contributed by atoms with van der Waals surface area (Å²) in [5, 5.41) is 1.40. The van der Waals surface area contributed by atoms with Crippen LogP contribution in [0.5, 0.6) is 0 Å². The second kappa shape index (κ2) is 4.76. The van der Waals surface area contributed by atoms with Gasteiger partial charge >= 0.3 is 0 Å². The topological polar surface area (TPSA) is 29.3 Å². The van der Waals surface area contributed by atoms with Gasteiger partial charge in [-0.05, 0) is 25.1 Å². The maximum Gasteiger partial charge on any atom is 0.0660 e. The molecule has 0 aromatic heterocycles. The third-order valence-electron chi connectivity index (χ3n) is 3.17. The van der Waals surface area contributed by atoms with Gasteiger partial charge in [0.15, 0.2) is 0 Å². The molecule has 2 rings (SSSR count). The Labute approximate surface area is 106 Å². The van der Waals surface area contributed by atoms with Gasteiger partial charge in [0.25, 0.3) is 0 Å². The van der Waals surface area contributed by atoms with Crippen molar-refractivity contribution in [1.82, 2.24) is 0 Å².